The van der Waals surface area contributed by atoms with E-state index in [1.807, 2.05) is 6.07 Å². The van der Waals surface area contributed by atoms with Crippen LogP contribution in [0.4, 0.5) is 0 Å². The zero-order chi connectivity index (χ0) is 10.2. The van der Waals surface area contributed by atoms with E-state index >= 15 is 0 Å². The molecule has 0 heterocycles. The van der Waals surface area contributed by atoms with Crippen molar-refractivity contribution >= 4 is 5.97 Å². The van der Waals surface area contributed by atoms with Crippen molar-refractivity contribution in [1.29, 1.82) is 5.26 Å². The summed E-state index contributed by atoms with van der Waals surface area (Å²) >= 11 is 1.26. The number of hydrogen-bond acceptors (Lipinski definition) is 3. The van der Waals surface area contributed by atoms with E-state index in [9.17, 15) is 9.90 Å². The molecule has 0 aliphatic heterocycles. The van der Waals surface area contributed by atoms with Gasteiger partial charge < -0.3 is 9.90 Å². The minimum atomic E-state index is -1.01. The molecular formula is C8H13NO2Zn. The van der Waals surface area contributed by atoms with Crippen molar-refractivity contribution in [2.24, 2.45) is 5.41 Å². The van der Waals surface area contributed by atoms with Gasteiger partial charge in [-0.15, -0.1) is 0 Å². The van der Waals surface area contributed by atoms with Gasteiger partial charge >= 0.3 is 41.1 Å². The second-order valence-electron chi connectivity index (χ2n) is 3.30. The molecule has 0 amide bonds. The summed E-state index contributed by atoms with van der Waals surface area (Å²) in [5, 5.41) is 18.9. The van der Waals surface area contributed by atoms with Crippen LogP contribution >= 0.6 is 0 Å². The minimum absolute atomic E-state index is 0.694. The van der Waals surface area contributed by atoms with E-state index in [4.69, 9.17) is 5.26 Å². The average Bonchev–Trinajstić information content (AvgIpc) is 1.88. The fourth-order valence-electron chi connectivity index (χ4n) is 0.0791. The van der Waals surface area contributed by atoms with Crippen molar-refractivity contribution in [1.82, 2.24) is 0 Å². The summed E-state index contributed by atoms with van der Waals surface area (Å²) in [6, 6.07) is 2.05. The third-order valence-corrected chi connectivity index (χ3v) is 1.64. The van der Waals surface area contributed by atoms with Crippen LogP contribution in [-0.2, 0) is 23.1 Å². The Morgan fingerprint density at radius 2 is 1.92 bits per heavy atom. The predicted octanol–water partition coefficient (Wildman–Crippen LogP) is 0.648. The van der Waals surface area contributed by atoms with Gasteiger partial charge in [-0.2, -0.15) is 0 Å². The average molecular weight is 221 g/mol. The first-order chi connectivity index (χ1) is 5.36. The zero-order valence-corrected chi connectivity index (χ0v) is 10.9. The van der Waals surface area contributed by atoms with Gasteiger partial charge in [0.25, 0.3) is 0 Å². The topological polar surface area (TPSA) is 63.9 Å². The Morgan fingerprint density at radius 3 is 1.92 bits per heavy atom. The van der Waals surface area contributed by atoms with E-state index in [0.717, 1.165) is 11.4 Å². The third-order valence-electron chi connectivity index (χ3n) is 0.901. The van der Waals surface area contributed by atoms with Crippen LogP contribution in [0.25, 0.3) is 0 Å². The Morgan fingerprint density at radius 1 is 1.58 bits per heavy atom. The summed E-state index contributed by atoms with van der Waals surface area (Å²) in [5.41, 5.74) is -0.694. The molecule has 0 fully saturated rings. The molecule has 0 saturated carbocycles. The summed E-state index contributed by atoms with van der Waals surface area (Å²) in [6.45, 7) is 4.80. The number of carbonyl (C=O) groups is 1. The van der Waals surface area contributed by atoms with Crippen LogP contribution in [0, 0.1) is 16.7 Å². The van der Waals surface area contributed by atoms with Gasteiger partial charge in [-0.3, -0.25) is 0 Å². The number of nitrogens with zero attached hydrogens (tertiary/aromatic N) is 1. The molecule has 0 saturated heterocycles. The van der Waals surface area contributed by atoms with E-state index in [0.29, 0.717) is 0 Å². The normalized spacial score (nSPS) is 9.33. The Balaban J connectivity index is 0. The number of nitriles is 1. The van der Waals surface area contributed by atoms with Gasteiger partial charge in [-0.1, -0.05) is 20.8 Å². The van der Waals surface area contributed by atoms with E-state index in [-0.39, 0.29) is 0 Å². The van der Waals surface area contributed by atoms with Crippen LogP contribution in [-0.4, -0.2) is 5.97 Å². The van der Waals surface area contributed by atoms with Gasteiger partial charge in [0, 0.05) is 11.4 Å². The number of rotatable bonds is 1. The first kappa shape index (κ1) is 14.1. The van der Waals surface area contributed by atoms with Crippen molar-refractivity contribution in [3.8, 4) is 6.07 Å². The molecule has 64 valence electrons. The molecule has 0 aliphatic carbocycles. The number of carboxylic acid groups (broad SMARTS) is 1. The second kappa shape index (κ2) is 7.24. The molecule has 12 heavy (non-hydrogen) atoms. The van der Waals surface area contributed by atoms with Gasteiger partial charge in [-0.25, -0.2) is 0 Å². The van der Waals surface area contributed by atoms with Crippen LogP contribution in [0.2, 0.25) is 5.02 Å². The summed E-state index contributed by atoms with van der Waals surface area (Å²) in [7, 11) is 0. The predicted molar refractivity (Wildman–Crippen MR) is 39.5 cm³/mol. The van der Waals surface area contributed by atoms with Gasteiger partial charge in [0.05, 0.1) is 0 Å². The molecule has 0 aliphatic rings. The molecule has 0 spiro atoms. The van der Waals surface area contributed by atoms with Crippen molar-refractivity contribution in [2.45, 2.75) is 32.2 Å². The molecule has 0 aromatic heterocycles. The number of carboxylic acids is 1. The quantitative estimate of drug-likeness (QED) is 0.610. The van der Waals surface area contributed by atoms with Crippen molar-refractivity contribution in [3.63, 3.8) is 0 Å². The molecule has 0 aromatic carbocycles. The Bertz CT molecular complexity index is 167. The SMILES string of the molecule is CC(C)(C)C(=O)[O-].N#CC[CH2][Zn+]. The fourth-order valence-corrected chi connectivity index (χ4v) is 0.411. The van der Waals surface area contributed by atoms with Crippen LogP contribution in [0.5, 0.6) is 0 Å². The first-order valence-corrected chi connectivity index (χ1v) is 5.83. The summed E-state index contributed by atoms with van der Waals surface area (Å²) < 4.78 is 0. The van der Waals surface area contributed by atoms with Crippen LogP contribution in [0.15, 0.2) is 0 Å². The van der Waals surface area contributed by atoms with Gasteiger partial charge in [-0.05, 0) is 0 Å². The molecule has 3 nitrogen and oxygen atoms in total. The number of carbonyl (C=O) groups excluding carboxylic acids is 1. The molecule has 0 N–H and O–H groups in total. The molecule has 4 heteroatoms. The van der Waals surface area contributed by atoms with E-state index in [1.165, 1.54) is 18.3 Å². The molecule has 0 bridgehead atoms. The third kappa shape index (κ3) is 12.3. The fraction of sp³-hybridized carbons (Fsp3) is 0.750. The van der Waals surface area contributed by atoms with Crippen molar-refractivity contribution in [3.05, 3.63) is 0 Å². The molecule has 0 rings (SSSR count). The Kier molecular flexibility index (Phi) is 8.53. The van der Waals surface area contributed by atoms with Gasteiger partial charge in [0.15, 0.2) is 0 Å². The summed E-state index contributed by atoms with van der Waals surface area (Å²) in [6.07, 6.45) is 0.750. The van der Waals surface area contributed by atoms with Crippen LogP contribution in [0.1, 0.15) is 27.2 Å². The maximum atomic E-state index is 9.91. The van der Waals surface area contributed by atoms with Gasteiger partial charge in [0.1, 0.15) is 0 Å². The van der Waals surface area contributed by atoms with Crippen molar-refractivity contribution < 1.29 is 28.2 Å². The molecule has 0 radical (unpaired) electrons. The Labute approximate surface area is 83.4 Å². The maximum absolute atomic E-state index is 9.91. The molecule has 0 atom stereocenters. The summed E-state index contributed by atoms with van der Waals surface area (Å²) in [5.74, 6) is -1.01. The van der Waals surface area contributed by atoms with Gasteiger partial charge in [0.2, 0.25) is 0 Å². The second-order valence-corrected chi connectivity index (χ2v) is 4.78. The van der Waals surface area contributed by atoms with E-state index in [2.05, 4.69) is 0 Å². The standard InChI is InChI=1S/C5H10O2.C3H4N.Zn/c1-5(2,3)4(6)7;1-2-3-4;/h1-3H3,(H,6,7);1-2H2;/q;;+1/p-1. The monoisotopic (exact) mass is 219 g/mol. The van der Waals surface area contributed by atoms with E-state index in [1.54, 1.807) is 20.8 Å². The number of aliphatic carboxylic acids is 1. The Hall–Kier alpha value is -0.417. The zero-order valence-electron chi connectivity index (χ0n) is 7.89. The van der Waals surface area contributed by atoms with E-state index < -0.39 is 11.4 Å². The molecule has 0 aromatic rings. The van der Waals surface area contributed by atoms with Crippen LogP contribution < -0.4 is 5.11 Å². The van der Waals surface area contributed by atoms with Crippen molar-refractivity contribution in [2.75, 3.05) is 0 Å². The molecule has 0 unspecified atom stereocenters. The number of hydrogen-bond donors (Lipinski definition) is 0. The first-order valence-electron chi connectivity index (χ1n) is 3.74. The van der Waals surface area contributed by atoms with Crippen LogP contribution in [0.3, 0.4) is 0 Å². The summed E-state index contributed by atoms with van der Waals surface area (Å²) in [4.78, 5) is 9.91. The molecular weight excluding hydrogens is 207 g/mol.